The standard InChI is InChI=1S/C23H28N2O4/c1-16-21(26)13-22(29-15-19-14-27-10-11-28-19)25-9-6-17-12-18(24-7-2-3-8-24)4-5-20(17)23(16)25/h4-5,12-13,19H,2-3,6-11,14-15H2,1H3. The molecule has 3 aliphatic heterocycles. The molecule has 0 radical (unpaired) electrons. The van der Waals surface area contributed by atoms with Crippen LogP contribution in [0.4, 0.5) is 5.69 Å². The fraction of sp³-hybridized carbons (Fsp3) is 0.522. The zero-order chi connectivity index (χ0) is 19.8. The van der Waals surface area contributed by atoms with Gasteiger partial charge < -0.3 is 23.7 Å². The van der Waals surface area contributed by atoms with Gasteiger partial charge in [-0.1, -0.05) is 6.07 Å². The van der Waals surface area contributed by atoms with Crippen LogP contribution in [0.25, 0.3) is 11.3 Å². The molecule has 29 heavy (non-hydrogen) atoms. The summed E-state index contributed by atoms with van der Waals surface area (Å²) in [7, 11) is 0. The van der Waals surface area contributed by atoms with Gasteiger partial charge in [0.05, 0.1) is 25.5 Å². The zero-order valence-corrected chi connectivity index (χ0v) is 17.0. The Labute approximate surface area is 171 Å². The third kappa shape index (κ3) is 3.55. The Balaban J connectivity index is 1.47. The van der Waals surface area contributed by atoms with E-state index in [4.69, 9.17) is 14.2 Å². The van der Waals surface area contributed by atoms with Gasteiger partial charge in [0, 0.05) is 42.5 Å². The second kappa shape index (κ2) is 7.84. The predicted octanol–water partition coefficient (Wildman–Crippen LogP) is 2.77. The maximum Gasteiger partial charge on any atom is 0.197 e. The fourth-order valence-corrected chi connectivity index (χ4v) is 4.65. The molecule has 2 fully saturated rings. The Morgan fingerprint density at radius 3 is 2.79 bits per heavy atom. The van der Waals surface area contributed by atoms with E-state index in [-0.39, 0.29) is 11.5 Å². The van der Waals surface area contributed by atoms with Gasteiger partial charge in [0.25, 0.3) is 0 Å². The summed E-state index contributed by atoms with van der Waals surface area (Å²) in [6.07, 6.45) is 3.39. The summed E-state index contributed by atoms with van der Waals surface area (Å²) < 4.78 is 19.3. The van der Waals surface area contributed by atoms with Gasteiger partial charge in [-0.15, -0.1) is 0 Å². The van der Waals surface area contributed by atoms with Crippen molar-refractivity contribution in [2.75, 3.05) is 44.4 Å². The molecule has 1 aromatic heterocycles. The predicted molar refractivity (Wildman–Crippen MR) is 112 cm³/mol. The molecular formula is C23H28N2O4. The van der Waals surface area contributed by atoms with Crippen LogP contribution in [0, 0.1) is 6.92 Å². The number of rotatable bonds is 4. The Morgan fingerprint density at radius 2 is 2.00 bits per heavy atom. The van der Waals surface area contributed by atoms with E-state index in [1.807, 2.05) is 6.92 Å². The quantitative estimate of drug-likeness (QED) is 0.796. The van der Waals surface area contributed by atoms with Crippen molar-refractivity contribution in [3.8, 4) is 17.1 Å². The second-order valence-corrected chi connectivity index (χ2v) is 8.14. The Hall–Kier alpha value is -2.31. The summed E-state index contributed by atoms with van der Waals surface area (Å²) in [5.74, 6) is 0.624. The maximum atomic E-state index is 12.7. The van der Waals surface area contributed by atoms with E-state index in [2.05, 4.69) is 27.7 Å². The second-order valence-electron chi connectivity index (χ2n) is 8.14. The summed E-state index contributed by atoms with van der Waals surface area (Å²) in [5.41, 5.74) is 5.56. The first-order valence-corrected chi connectivity index (χ1v) is 10.7. The van der Waals surface area contributed by atoms with Crippen LogP contribution in [0.3, 0.4) is 0 Å². The minimum Gasteiger partial charge on any atom is -0.476 e. The maximum absolute atomic E-state index is 12.7. The zero-order valence-electron chi connectivity index (χ0n) is 17.0. The molecule has 2 saturated heterocycles. The van der Waals surface area contributed by atoms with Crippen molar-refractivity contribution in [3.63, 3.8) is 0 Å². The van der Waals surface area contributed by atoms with Gasteiger partial charge in [0.15, 0.2) is 11.3 Å². The first kappa shape index (κ1) is 18.7. The molecule has 1 aromatic carbocycles. The van der Waals surface area contributed by atoms with Gasteiger partial charge in [0.2, 0.25) is 0 Å². The van der Waals surface area contributed by atoms with Gasteiger partial charge in [-0.3, -0.25) is 4.79 Å². The SMILES string of the molecule is Cc1c2n(c(OCC3COCCO3)cc1=O)CCc1cc(N3CCCC3)ccc1-2. The van der Waals surface area contributed by atoms with Crippen molar-refractivity contribution in [1.82, 2.24) is 4.57 Å². The van der Waals surface area contributed by atoms with E-state index in [1.54, 1.807) is 6.07 Å². The van der Waals surface area contributed by atoms with Crippen LogP contribution in [0.1, 0.15) is 24.0 Å². The van der Waals surface area contributed by atoms with Crippen molar-refractivity contribution < 1.29 is 14.2 Å². The molecule has 1 atom stereocenters. The summed E-state index contributed by atoms with van der Waals surface area (Å²) in [6.45, 7) is 7.15. The highest BCUT2D eigenvalue weighted by atomic mass is 16.6. The molecule has 0 spiro atoms. The van der Waals surface area contributed by atoms with Crippen molar-refractivity contribution in [2.24, 2.45) is 0 Å². The normalized spacial score (nSPS) is 21.0. The lowest BCUT2D eigenvalue weighted by Gasteiger charge is -2.29. The number of aryl methyl sites for hydroxylation is 1. The fourth-order valence-electron chi connectivity index (χ4n) is 4.65. The molecule has 4 heterocycles. The molecule has 2 aromatic rings. The van der Waals surface area contributed by atoms with Crippen LogP contribution in [-0.2, 0) is 22.4 Å². The molecule has 0 saturated carbocycles. The van der Waals surface area contributed by atoms with Crippen molar-refractivity contribution in [1.29, 1.82) is 0 Å². The number of hydrogen-bond acceptors (Lipinski definition) is 5. The Morgan fingerprint density at radius 1 is 1.14 bits per heavy atom. The monoisotopic (exact) mass is 396 g/mol. The molecule has 1 unspecified atom stereocenters. The first-order valence-electron chi connectivity index (χ1n) is 10.7. The average molecular weight is 396 g/mol. The molecule has 0 amide bonds. The minimum absolute atomic E-state index is 0.0172. The van der Waals surface area contributed by atoms with Crippen molar-refractivity contribution in [3.05, 3.63) is 45.6 Å². The van der Waals surface area contributed by atoms with E-state index >= 15 is 0 Å². The number of aromatic nitrogens is 1. The summed E-state index contributed by atoms with van der Waals surface area (Å²) >= 11 is 0. The van der Waals surface area contributed by atoms with Gasteiger partial charge >= 0.3 is 0 Å². The van der Waals surface area contributed by atoms with E-state index in [1.165, 1.54) is 24.1 Å². The van der Waals surface area contributed by atoms with Crippen LogP contribution in [0.5, 0.6) is 5.88 Å². The smallest absolute Gasteiger partial charge is 0.197 e. The lowest BCUT2D eigenvalue weighted by molar-refractivity contribution is -0.102. The van der Waals surface area contributed by atoms with Crippen LogP contribution in [-0.4, -0.2) is 50.2 Å². The van der Waals surface area contributed by atoms with Gasteiger partial charge in [0.1, 0.15) is 12.7 Å². The van der Waals surface area contributed by atoms with Crippen LogP contribution in [0.15, 0.2) is 29.1 Å². The first-order chi connectivity index (χ1) is 14.2. The molecular weight excluding hydrogens is 368 g/mol. The lowest BCUT2D eigenvalue weighted by Crippen LogP contribution is -2.34. The molecule has 6 heteroatoms. The number of anilines is 1. The molecule has 0 bridgehead atoms. The highest BCUT2D eigenvalue weighted by Gasteiger charge is 2.24. The number of pyridine rings is 1. The average Bonchev–Trinajstić information content (AvgIpc) is 3.30. The molecule has 154 valence electrons. The third-order valence-electron chi connectivity index (χ3n) is 6.24. The number of hydrogen-bond donors (Lipinski definition) is 0. The molecule has 0 N–H and O–H groups in total. The summed E-state index contributed by atoms with van der Waals surface area (Å²) in [6, 6.07) is 8.31. The van der Waals surface area contributed by atoms with E-state index < -0.39 is 0 Å². The molecule has 0 aliphatic carbocycles. The highest BCUT2D eigenvalue weighted by Crippen LogP contribution is 2.36. The van der Waals surface area contributed by atoms with Gasteiger partial charge in [-0.25, -0.2) is 0 Å². The number of benzene rings is 1. The van der Waals surface area contributed by atoms with Gasteiger partial charge in [-0.2, -0.15) is 0 Å². The number of fused-ring (bicyclic) bond motifs is 3. The van der Waals surface area contributed by atoms with Crippen molar-refractivity contribution >= 4 is 5.69 Å². The van der Waals surface area contributed by atoms with Crippen LogP contribution >= 0.6 is 0 Å². The highest BCUT2D eigenvalue weighted by molar-refractivity contribution is 5.72. The van der Waals surface area contributed by atoms with Crippen molar-refractivity contribution in [2.45, 2.75) is 38.8 Å². The number of ether oxygens (including phenoxy) is 3. The molecule has 5 rings (SSSR count). The lowest BCUT2D eigenvalue weighted by atomic mass is 9.94. The van der Waals surface area contributed by atoms with E-state index in [0.29, 0.717) is 32.3 Å². The minimum atomic E-state index is -0.0877. The summed E-state index contributed by atoms with van der Waals surface area (Å²) in [4.78, 5) is 15.2. The molecule has 6 nitrogen and oxygen atoms in total. The topological polar surface area (TPSA) is 52.9 Å². The molecule has 3 aliphatic rings. The van der Waals surface area contributed by atoms with E-state index in [9.17, 15) is 4.79 Å². The summed E-state index contributed by atoms with van der Waals surface area (Å²) in [5, 5.41) is 0. The largest absolute Gasteiger partial charge is 0.476 e. The Kier molecular flexibility index (Phi) is 5.06. The van der Waals surface area contributed by atoms with E-state index in [0.717, 1.165) is 42.9 Å². The third-order valence-corrected chi connectivity index (χ3v) is 6.24. The number of nitrogens with zero attached hydrogens (tertiary/aromatic N) is 2. The van der Waals surface area contributed by atoms with Crippen LogP contribution in [0.2, 0.25) is 0 Å². The Bertz CT molecular complexity index is 956. The van der Waals surface area contributed by atoms with Gasteiger partial charge in [-0.05, 0) is 43.9 Å². The van der Waals surface area contributed by atoms with Crippen LogP contribution < -0.4 is 15.1 Å².